The number of hydrogen-bond donors (Lipinski definition) is 3. The molecule has 0 heterocycles. The Hall–Kier alpha value is -1.92. The van der Waals surface area contributed by atoms with Gasteiger partial charge in [0.05, 0.1) is 25.4 Å². The number of hydrogen-bond acceptors (Lipinski definition) is 5. The van der Waals surface area contributed by atoms with Gasteiger partial charge in [0.15, 0.2) is 0 Å². The summed E-state index contributed by atoms with van der Waals surface area (Å²) in [5.41, 5.74) is 0. The van der Waals surface area contributed by atoms with E-state index in [2.05, 4.69) is 55.6 Å². The number of carbonyl (C=O) groups excluding carboxylic acids is 2. The Morgan fingerprint density at radius 2 is 0.595 bits per heavy atom. The molecular weight excluding hydrogens is 1030 g/mol. The summed E-state index contributed by atoms with van der Waals surface area (Å²) in [5.74, 6) is -0.0174. The molecule has 0 aromatic rings. The third-order valence-corrected chi connectivity index (χ3v) is 17.9. The van der Waals surface area contributed by atoms with Crippen molar-refractivity contribution in [2.75, 3.05) is 13.2 Å². The van der Waals surface area contributed by atoms with Crippen LogP contribution in [0, 0.1) is 0 Å². The summed E-state index contributed by atoms with van der Waals surface area (Å²) in [6.07, 6.45) is 95.2. The number of carbonyl (C=O) groups is 2. The minimum Gasteiger partial charge on any atom is -0.466 e. The molecule has 0 saturated heterocycles. The van der Waals surface area contributed by atoms with Crippen molar-refractivity contribution in [3.63, 3.8) is 0 Å². The summed E-state index contributed by atoms with van der Waals surface area (Å²) in [6.45, 7) is 4.97. The van der Waals surface area contributed by atoms with Gasteiger partial charge in [0.1, 0.15) is 0 Å². The number of nitrogens with one attached hydrogen (secondary N) is 1. The maximum atomic E-state index is 12.5. The van der Waals surface area contributed by atoms with Crippen LogP contribution >= 0.6 is 0 Å². The molecule has 0 fully saturated rings. The van der Waals surface area contributed by atoms with Gasteiger partial charge in [-0.3, -0.25) is 9.59 Å². The van der Waals surface area contributed by atoms with Crippen molar-refractivity contribution < 1.29 is 24.5 Å². The third-order valence-electron chi connectivity index (χ3n) is 17.9. The number of rotatable bonds is 72. The Morgan fingerprint density at radius 1 is 0.333 bits per heavy atom. The minimum atomic E-state index is -0.662. The molecule has 0 saturated carbocycles. The van der Waals surface area contributed by atoms with E-state index in [-0.39, 0.29) is 18.5 Å². The third kappa shape index (κ3) is 69.2. The number of aliphatic hydroxyl groups is 2. The monoisotopic (exact) mass is 1180 g/mol. The summed E-state index contributed by atoms with van der Waals surface area (Å²) in [6, 6.07) is -0.539. The van der Waals surface area contributed by atoms with E-state index in [1.165, 1.54) is 340 Å². The first-order valence-electron chi connectivity index (χ1n) is 38.2. The molecule has 0 spiro atoms. The molecule has 1 amide bonds. The van der Waals surface area contributed by atoms with Crippen molar-refractivity contribution in [2.45, 2.75) is 437 Å². The molecule has 0 radical (unpaired) electrons. The molecular formula is C78H149NO5. The van der Waals surface area contributed by atoms with E-state index in [4.69, 9.17) is 4.74 Å². The molecule has 0 bridgehead atoms. The Kier molecular flexibility index (Phi) is 71.9. The van der Waals surface area contributed by atoms with Crippen molar-refractivity contribution in [3.8, 4) is 0 Å². The molecule has 0 aromatic carbocycles. The summed E-state index contributed by atoms with van der Waals surface area (Å²) in [7, 11) is 0. The van der Waals surface area contributed by atoms with E-state index < -0.39 is 12.1 Å². The van der Waals surface area contributed by atoms with Crippen molar-refractivity contribution in [1.29, 1.82) is 0 Å². The van der Waals surface area contributed by atoms with Crippen molar-refractivity contribution in [1.82, 2.24) is 5.32 Å². The summed E-state index contributed by atoms with van der Waals surface area (Å²) in [5, 5.41) is 23.4. The Balaban J connectivity index is 3.35. The molecule has 2 unspecified atom stereocenters. The van der Waals surface area contributed by atoms with Gasteiger partial charge in [0.2, 0.25) is 5.91 Å². The van der Waals surface area contributed by atoms with Crippen LogP contribution in [0.25, 0.3) is 0 Å². The van der Waals surface area contributed by atoms with E-state index in [9.17, 15) is 19.8 Å². The normalized spacial score (nSPS) is 12.7. The van der Waals surface area contributed by atoms with E-state index in [1.54, 1.807) is 0 Å². The van der Waals surface area contributed by atoms with Crippen LogP contribution in [0.1, 0.15) is 425 Å². The van der Waals surface area contributed by atoms with Crippen LogP contribution in [0.3, 0.4) is 0 Å². The van der Waals surface area contributed by atoms with Gasteiger partial charge in [-0.1, -0.05) is 365 Å². The SMILES string of the molecule is CCCCCC/C=C\CCCCCCCC(=O)OCCCCCCCCCCCCCCCCC/C=C\C/C=C\CCCCCCCCCCCCCCCCCCCC(=O)NC(CO)C(O)CCCCCCCCCCCCCCCCC. The van der Waals surface area contributed by atoms with Crippen molar-refractivity contribution in [2.24, 2.45) is 0 Å². The fourth-order valence-electron chi connectivity index (χ4n) is 12.1. The van der Waals surface area contributed by atoms with E-state index in [0.717, 1.165) is 51.4 Å². The fourth-order valence-corrected chi connectivity index (χ4v) is 12.1. The molecule has 84 heavy (non-hydrogen) atoms. The first-order valence-corrected chi connectivity index (χ1v) is 38.2. The Bertz CT molecular complexity index is 1360. The number of unbranched alkanes of at least 4 members (excludes halogenated alkanes) is 55. The van der Waals surface area contributed by atoms with Crippen LogP contribution < -0.4 is 5.32 Å². The van der Waals surface area contributed by atoms with Crippen molar-refractivity contribution >= 4 is 11.9 Å². The number of ether oxygens (including phenoxy) is 1. The highest BCUT2D eigenvalue weighted by molar-refractivity contribution is 5.76. The molecule has 0 aliphatic carbocycles. The molecule has 2 atom stereocenters. The number of amides is 1. The highest BCUT2D eigenvalue weighted by Gasteiger charge is 2.20. The van der Waals surface area contributed by atoms with Gasteiger partial charge in [0, 0.05) is 12.8 Å². The van der Waals surface area contributed by atoms with Gasteiger partial charge in [-0.05, 0) is 83.5 Å². The lowest BCUT2D eigenvalue weighted by Gasteiger charge is -2.22. The molecule has 6 nitrogen and oxygen atoms in total. The average Bonchev–Trinajstić information content (AvgIpc) is 3.53. The molecule has 0 aromatic heterocycles. The van der Waals surface area contributed by atoms with Gasteiger partial charge in [-0.25, -0.2) is 0 Å². The van der Waals surface area contributed by atoms with Gasteiger partial charge in [0.25, 0.3) is 0 Å². The van der Waals surface area contributed by atoms with Gasteiger partial charge < -0.3 is 20.3 Å². The van der Waals surface area contributed by atoms with Crippen LogP contribution in [-0.4, -0.2) is 47.4 Å². The van der Waals surface area contributed by atoms with Crippen LogP contribution in [-0.2, 0) is 14.3 Å². The van der Waals surface area contributed by atoms with E-state index >= 15 is 0 Å². The molecule has 0 rings (SSSR count). The van der Waals surface area contributed by atoms with E-state index in [1.807, 2.05) is 0 Å². The minimum absolute atomic E-state index is 0.0114. The van der Waals surface area contributed by atoms with Crippen LogP contribution in [0.4, 0.5) is 0 Å². The highest BCUT2D eigenvalue weighted by Crippen LogP contribution is 2.19. The zero-order chi connectivity index (χ0) is 60.6. The summed E-state index contributed by atoms with van der Waals surface area (Å²) < 4.78 is 5.48. The second kappa shape index (κ2) is 73.5. The molecule has 0 aliphatic heterocycles. The van der Waals surface area contributed by atoms with Crippen LogP contribution in [0.15, 0.2) is 36.5 Å². The lowest BCUT2D eigenvalue weighted by atomic mass is 10.0. The lowest BCUT2D eigenvalue weighted by molar-refractivity contribution is -0.143. The van der Waals surface area contributed by atoms with E-state index in [0.29, 0.717) is 25.9 Å². The zero-order valence-corrected chi connectivity index (χ0v) is 56.9. The van der Waals surface area contributed by atoms with Gasteiger partial charge in [-0.2, -0.15) is 0 Å². The average molecular weight is 1180 g/mol. The second-order valence-corrected chi connectivity index (χ2v) is 26.3. The highest BCUT2D eigenvalue weighted by atomic mass is 16.5. The Labute approximate surface area is 525 Å². The number of esters is 1. The standard InChI is InChI=1S/C78H149NO5/c1-3-5-7-9-11-13-15-17-43-47-50-54-58-62-66-70-76(81)75(74-80)79-77(82)71-67-63-59-55-51-48-44-41-39-37-35-33-31-29-27-25-23-21-19-18-20-22-24-26-28-30-32-34-36-38-40-42-45-49-53-57-61-65-69-73-84-78(83)72-68-64-60-56-52-46-16-14-12-10-8-6-4-2/h14,16,18-19,22,24,75-76,80-81H,3-13,15,17,20-21,23,25-74H2,1-2H3,(H,79,82)/b16-14-,19-18-,24-22-. The first-order chi connectivity index (χ1) is 41.5. The van der Waals surface area contributed by atoms with Crippen LogP contribution in [0.2, 0.25) is 0 Å². The second-order valence-electron chi connectivity index (χ2n) is 26.3. The largest absolute Gasteiger partial charge is 0.466 e. The lowest BCUT2D eigenvalue weighted by Crippen LogP contribution is -2.45. The van der Waals surface area contributed by atoms with Gasteiger partial charge >= 0.3 is 5.97 Å². The molecule has 0 aliphatic rings. The topological polar surface area (TPSA) is 95.9 Å². The fraction of sp³-hybridized carbons (Fsp3) is 0.897. The maximum Gasteiger partial charge on any atom is 0.305 e. The quantitative estimate of drug-likeness (QED) is 0.0320. The number of allylic oxidation sites excluding steroid dienone is 6. The predicted molar refractivity (Wildman–Crippen MR) is 370 cm³/mol. The molecule has 6 heteroatoms. The zero-order valence-electron chi connectivity index (χ0n) is 56.9. The summed E-state index contributed by atoms with van der Waals surface area (Å²) in [4.78, 5) is 24.6. The van der Waals surface area contributed by atoms with Crippen LogP contribution in [0.5, 0.6) is 0 Å². The maximum absolute atomic E-state index is 12.5. The Morgan fingerprint density at radius 3 is 0.929 bits per heavy atom. The first kappa shape index (κ1) is 82.1. The van der Waals surface area contributed by atoms with Gasteiger partial charge in [-0.15, -0.1) is 0 Å². The predicted octanol–water partition coefficient (Wildman–Crippen LogP) is 25.0. The molecule has 496 valence electrons. The summed E-state index contributed by atoms with van der Waals surface area (Å²) >= 11 is 0. The molecule has 3 N–H and O–H groups in total. The smallest absolute Gasteiger partial charge is 0.305 e. The number of aliphatic hydroxyl groups excluding tert-OH is 2. The van der Waals surface area contributed by atoms with Crippen molar-refractivity contribution in [3.05, 3.63) is 36.5 Å².